The monoisotopic (exact) mass is 168 g/mol. The molecule has 4 heteroatoms. The Morgan fingerprint density at radius 2 is 2.50 bits per heavy atom. The Morgan fingerprint density at radius 1 is 1.58 bits per heavy atom. The molecule has 0 aliphatic carbocycles. The van der Waals surface area contributed by atoms with E-state index in [2.05, 4.69) is 15.5 Å². The van der Waals surface area contributed by atoms with Crippen LogP contribution in [0.2, 0.25) is 0 Å². The molecule has 1 fully saturated rings. The fourth-order valence-electron chi connectivity index (χ4n) is 1.65. The van der Waals surface area contributed by atoms with Gasteiger partial charge in [-0.05, 0) is 19.8 Å². The van der Waals surface area contributed by atoms with Gasteiger partial charge in [-0.3, -0.25) is 0 Å². The summed E-state index contributed by atoms with van der Waals surface area (Å²) in [6.07, 6.45) is 2.45. The van der Waals surface area contributed by atoms with Crippen LogP contribution in [0.25, 0.3) is 0 Å². The minimum Gasteiger partial charge on any atom is -0.346 e. The van der Waals surface area contributed by atoms with E-state index >= 15 is 0 Å². The minimum absolute atomic E-state index is 0.486. The molecule has 1 aliphatic rings. The summed E-state index contributed by atoms with van der Waals surface area (Å²) in [6, 6.07) is 0. The predicted octanol–water partition coefficient (Wildman–Crippen LogP) is -0.181. The average Bonchev–Trinajstić information content (AvgIpc) is 2.54. The molecule has 2 N–H and O–H groups in total. The highest BCUT2D eigenvalue weighted by Crippen LogP contribution is 2.18. The summed E-state index contributed by atoms with van der Waals surface area (Å²) in [5.41, 5.74) is 0. The first-order valence-corrected chi connectivity index (χ1v) is 4.48. The molecule has 1 aromatic heterocycles. The van der Waals surface area contributed by atoms with Crippen molar-refractivity contribution in [2.75, 3.05) is 13.1 Å². The summed E-state index contributed by atoms with van der Waals surface area (Å²) >= 11 is 0. The number of quaternary nitrogens is 1. The highest BCUT2D eigenvalue weighted by molar-refractivity contribution is 4.92. The third-order valence-corrected chi connectivity index (χ3v) is 2.30. The molecule has 0 unspecified atom stereocenters. The van der Waals surface area contributed by atoms with Gasteiger partial charge in [0.15, 0.2) is 5.82 Å². The molecule has 0 saturated carbocycles. The summed E-state index contributed by atoms with van der Waals surface area (Å²) in [5.74, 6) is 2.05. The Morgan fingerprint density at radius 3 is 3.08 bits per heavy atom. The minimum atomic E-state index is 0.486. The first-order valence-electron chi connectivity index (χ1n) is 4.48. The number of hydrogen-bond donors (Lipinski definition) is 1. The van der Waals surface area contributed by atoms with Gasteiger partial charge in [0, 0.05) is 0 Å². The van der Waals surface area contributed by atoms with Gasteiger partial charge in [-0.25, -0.2) is 0 Å². The maximum atomic E-state index is 5.12. The predicted molar refractivity (Wildman–Crippen MR) is 42.7 cm³/mol. The van der Waals surface area contributed by atoms with E-state index in [4.69, 9.17) is 4.52 Å². The first-order chi connectivity index (χ1) is 5.86. The van der Waals surface area contributed by atoms with E-state index in [1.165, 1.54) is 19.4 Å². The Labute approximate surface area is 71.4 Å². The molecule has 0 amide bonds. The summed E-state index contributed by atoms with van der Waals surface area (Å²) in [7, 11) is 0. The van der Waals surface area contributed by atoms with Crippen LogP contribution in [0.15, 0.2) is 4.52 Å². The molecular weight excluding hydrogens is 154 g/mol. The summed E-state index contributed by atoms with van der Waals surface area (Å²) in [5, 5.41) is 6.11. The highest BCUT2D eigenvalue weighted by Gasteiger charge is 2.22. The Bertz CT molecular complexity index is 253. The van der Waals surface area contributed by atoms with Crippen LogP contribution in [-0.4, -0.2) is 23.2 Å². The second kappa shape index (κ2) is 3.23. The van der Waals surface area contributed by atoms with Crippen LogP contribution in [0, 0.1) is 6.92 Å². The van der Waals surface area contributed by atoms with Crippen LogP contribution in [0.1, 0.15) is 30.5 Å². The summed E-state index contributed by atoms with van der Waals surface area (Å²) in [4.78, 5) is 4.24. The molecular formula is C8H14N3O+. The Balaban J connectivity index is 2.08. The zero-order valence-corrected chi connectivity index (χ0v) is 7.29. The van der Waals surface area contributed by atoms with Gasteiger partial charge in [0.25, 0.3) is 0 Å². The molecule has 2 heterocycles. The van der Waals surface area contributed by atoms with E-state index in [0.29, 0.717) is 5.92 Å². The van der Waals surface area contributed by atoms with Crippen molar-refractivity contribution in [1.29, 1.82) is 0 Å². The highest BCUT2D eigenvalue weighted by atomic mass is 16.5. The van der Waals surface area contributed by atoms with Crippen molar-refractivity contribution in [2.45, 2.75) is 25.7 Å². The maximum absolute atomic E-state index is 5.12. The lowest BCUT2D eigenvalue weighted by atomic mass is 10.00. The Kier molecular flexibility index (Phi) is 2.08. The number of aromatic nitrogens is 2. The van der Waals surface area contributed by atoms with E-state index in [1.54, 1.807) is 0 Å². The van der Waals surface area contributed by atoms with Crippen molar-refractivity contribution in [3.8, 4) is 0 Å². The van der Waals surface area contributed by atoms with E-state index in [0.717, 1.165) is 18.3 Å². The number of aryl methyl sites for hydroxylation is 1. The standard InChI is InChI=1S/C8H13N3O/c1-6-10-8(12-11-6)7-3-2-4-9-5-7/h7,9H,2-5H2,1H3/p+1/t7-/m0/s1. The summed E-state index contributed by atoms with van der Waals surface area (Å²) < 4.78 is 5.12. The molecule has 1 aromatic rings. The van der Waals surface area contributed by atoms with Gasteiger partial charge in [-0.1, -0.05) is 5.16 Å². The second-order valence-corrected chi connectivity index (χ2v) is 3.33. The topological polar surface area (TPSA) is 55.5 Å². The third-order valence-electron chi connectivity index (χ3n) is 2.30. The first kappa shape index (κ1) is 7.73. The lowest BCUT2D eigenvalue weighted by molar-refractivity contribution is -0.665. The summed E-state index contributed by atoms with van der Waals surface area (Å²) in [6.45, 7) is 4.20. The van der Waals surface area contributed by atoms with E-state index in [-0.39, 0.29) is 0 Å². The number of rotatable bonds is 1. The van der Waals surface area contributed by atoms with Gasteiger partial charge < -0.3 is 9.84 Å². The van der Waals surface area contributed by atoms with Crippen molar-refractivity contribution >= 4 is 0 Å². The molecule has 0 spiro atoms. The van der Waals surface area contributed by atoms with Crippen molar-refractivity contribution in [3.63, 3.8) is 0 Å². The van der Waals surface area contributed by atoms with Crippen LogP contribution < -0.4 is 5.32 Å². The number of nitrogens with zero attached hydrogens (tertiary/aromatic N) is 2. The Hall–Kier alpha value is -0.900. The molecule has 1 aliphatic heterocycles. The van der Waals surface area contributed by atoms with Gasteiger partial charge in [0.05, 0.1) is 19.0 Å². The molecule has 66 valence electrons. The zero-order valence-electron chi connectivity index (χ0n) is 7.29. The van der Waals surface area contributed by atoms with Crippen molar-refractivity contribution in [1.82, 2.24) is 10.1 Å². The molecule has 4 nitrogen and oxygen atoms in total. The van der Waals surface area contributed by atoms with Crippen LogP contribution in [-0.2, 0) is 0 Å². The quantitative estimate of drug-likeness (QED) is 0.632. The number of nitrogens with two attached hydrogens (primary N) is 1. The third kappa shape index (κ3) is 1.48. The zero-order chi connectivity index (χ0) is 8.39. The van der Waals surface area contributed by atoms with E-state index < -0.39 is 0 Å². The molecule has 0 radical (unpaired) electrons. The van der Waals surface area contributed by atoms with E-state index in [9.17, 15) is 0 Å². The average molecular weight is 168 g/mol. The molecule has 1 atom stereocenters. The number of hydrogen-bond acceptors (Lipinski definition) is 3. The number of piperidine rings is 1. The second-order valence-electron chi connectivity index (χ2n) is 3.33. The molecule has 2 rings (SSSR count). The van der Waals surface area contributed by atoms with Crippen LogP contribution >= 0.6 is 0 Å². The lowest BCUT2D eigenvalue weighted by Gasteiger charge is -2.15. The van der Waals surface area contributed by atoms with Crippen molar-refractivity contribution < 1.29 is 9.84 Å². The van der Waals surface area contributed by atoms with Crippen LogP contribution in [0.5, 0.6) is 0 Å². The van der Waals surface area contributed by atoms with E-state index in [1.807, 2.05) is 6.92 Å². The lowest BCUT2D eigenvalue weighted by Crippen LogP contribution is -2.86. The van der Waals surface area contributed by atoms with Gasteiger partial charge in [0.1, 0.15) is 0 Å². The van der Waals surface area contributed by atoms with Gasteiger partial charge in [-0.2, -0.15) is 4.98 Å². The smallest absolute Gasteiger partial charge is 0.235 e. The molecule has 0 bridgehead atoms. The normalized spacial score (nSPS) is 24.2. The van der Waals surface area contributed by atoms with Crippen molar-refractivity contribution in [2.24, 2.45) is 0 Å². The fourth-order valence-corrected chi connectivity index (χ4v) is 1.65. The molecule has 1 saturated heterocycles. The maximum Gasteiger partial charge on any atom is 0.235 e. The SMILES string of the molecule is Cc1noc([C@H]2CCC[NH2+]C2)n1. The molecule has 12 heavy (non-hydrogen) atoms. The van der Waals surface area contributed by atoms with Crippen LogP contribution in [0.3, 0.4) is 0 Å². The van der Waals surface area contributed by atoms with Crippen LogP contribution in [0.4, 0.5) is 0 Å². The molecule has 0 aromatic carbocycles. The van der Waals surface area contributed by atoms with Gasteiger partial charge >= 0.3 is 0 Å². The van der Waals surface area contributed by atoms with Gasteiger partial charge in [0.2, 0.25) is 5.89 Å². The van der Waals surface area contributed by atoms with Gasteiger partial charge in [-0.15, -0.1) is 0 Å². The van der Waals surface area contributed by atoms with Crippen molar-refractivity contribution in [3.05, 3.63) is 11.7 Å². The fraction of sp³-hybridized carbons (Fsp3) is 0.750. The largest absolute Gasteiger partial charge is 0.346 e.